The normalized spacial score (nSPS) is 18.2. The molecule has 2 amide bonds. The van der Waals surface area contributed by atoms with E-state index in [4.69, 9.17) is 0 Å². The maximum absolute atomic E-state index is 13.3. The van der Waals surface area contributed by atoms with Crippen molar-refractivity contribution >= 4 is 29.3 Å². The first kappa shape index (κ1) is 20.2. The van der Waals surface area contributed by atoms with Gasteiger partial charge in [-0.3, -0.25) is 9.59 Å². The molecule has 1 heterocycles. The number of hydrogen-bond donors (Lipinski definition) is 1. The number of halogens is 4. The van der Waals surface area contributed by atoms with E-state index >= 15 is 0 Å². The van der Waals surface area contributed by atoms with Gasteiger partial charge in [0.2, 0.25) is 11.8 Å². The van der Waals surface area contributed by atoms with Crippen LogP contribution in [0.4, 0.5) is 23.2 Å². The fourth-order valence-corrected chi connectivity index (χ4v) is 4.15. The highest BCUT2D eigenvalue weighted by molar-refractivity contribution is 8.00. The molecule has 1 N–H and O–H groups in total. The van der Waals surface area contributed by atoms with Gasteiger partial charge in [-0.2, -0.15) is 13.2 Å². The quantitative estimate of drug-likeness (QED) is 0.755. The molecule has 0 radical (unpaired) electrons. The molecule has 0 saturated carbocycles. The van der Waals surface area contributed by atoms with E-state index in [0.717, 1.165) is 18.2 Å². The largest absolute Gasteiger partial charge is 0.416 e. The van der Waals surface area contributed by atoms with Crippen LogP contribution in [0.25, 0.3) is 0 Å². The van der Waals surface area contributed by atoms with Crippen LogP contribution in [0.2, 0.25) is 0 Å². The summed E-state index contributed by atoms with van der Waals surface area (Å²) >= 11 is 1.23. The topological polar surface area (TPSA) is 49.4 Å². The van der Waals surface area contributed by atoms with E-state index in [-0.39, 0.29) is 17.3 Å². The average molecular weight is 412 g/mol. The number of alkyl halides is 3. The van der Waals surface area contributed by atoms with E-state index in [0.29, 0.717) is 5.56 Å². The molecule has 1 aliphatic rings. The molecule has 148 valence electrons. The van der Waals surface area contributed by atoms with Crippen LogP contribution in [0.15, 0.2) is 48.5 Å². The number of nitrogens with zero attached hydrogens (tertiary/aromatic N) is 1. The van der Waals surface area contributed by atoms with Gasteiger partial charge in [-0.1, -0.05) is 18.2 Å². The predicted octanol–water partition coefficient (Wildman–Crippen LogP) is 4.45. The Labute approximate surface area is 162 Å². The average Bonchev–Trinajstić information content (AvgIpc) is 3.02. The highest BCUT2D eigenvalue weighted by Gasteiger charge is 2.39. The number of rotatable bonds is 4. The van der Waals surface area contributed by atoms with E-state index < -0.39 is 34.9 Å². The third-order valence-electron chi connectivity index (χ3n) is 4.32. The lowest BCUT2D eigenvalue weighted by Gasteiger charge is -2.29. The van der Waals surface area contributed by atoms with Crippen molar-refractivity contribution in [2.75, 3.05) is 11.1 Å². The second-order valence-corrected chi connectivity index (χ2v) is 7.33. The predicted molar refractivity (Wildman–Crippen MR) is 98.0 cm³/mol. The van der Waals surface area contributed by atoms with Crippen molar-refractivity contribution in [2.24, 2.45) is 0 Å². The van der Waals surface area contributed by atoms with Gasteiger partial charge in [-0.25, -0.2) is 4.39 Å². The van der Waals surface area contributed by atoms with Crippen molar-refractivity contribution in [2.45, 2.75) is 24.5 Å². The van der Waals surface area contributed by atoms with Gasteiger partial charge in [-0.15, -0.1) is 11.8 Å². The number of anilines is 1. The van der Waals surface area contributed by atoms with Crippen LogP contribution in [0, 0.1) is 5.82 Å². The molecule has 28 heavy (non-hydrogen) atoms. The van der Waals surface area contributed by atoms with Gasteiger partial charge in [0.15, 0.2) is 0 Å². The van der Waals surface area contributed by atoms with Crippen LogP contribution >= 0.6 is 11.8 Å². The van der Waals surface area contributed by atoms with Gasteiger partial charge < -0.3 is 10.2 Å². The summed E-state index contributed by atoms with van der Waals surface area (Å²) in [5.74, 6) is -1.21. The standard InChI is InChI=1S/C19H16F4N2O2S/c1-11(17(27)24-15-4-2-3-14(20)9-15)25-16(26)10-28-18(25)12-5-7-13(8-6-12)19(21,22)23/h2-9,11,18H,10H2,1H3,(H,24,27). The summed E-state index contributed by atoms with van der Waals surface area (Å²) in [7, 11) is 0. The van der Waals surface area contributed by atoms with E-state index in [9.17, 15) is 27.2 Å². The van der Waals surface area contributed by atoms with Crippen LogP contribution in [-0.2, 0) is 15.8 Å². The highest BCUT2D eigenvalue weighted by Crippen LogP contribution is 2.41. The number of amides is 2. The summed E-state index contributed by atoms with van der Waals surface area (Å²) in [6, 6.07) is 8.98. The lowest BCUT2D eigenvalue weighted by Crippen LogP contribution is -2.44. The molecule has 1 aliphatic heterocycles. The third kappa shape index (κ3) is 4.30. The smallest absolute Gasteiger partial charge is 0.324 e. The Kier molecular flexibility index (Phi) is 5.64. The second kappa shape index (κ2) is 7.83. The molecule has 2 unspecified atom stereocenters. The van der Waals surface area contributed by atoms with Crippen LogP contribution in [0.5, 0.6) is 0 Å². The van der Waals surface area contributed by atoms with Crippen molar-refractivity contribution in [1.29, 1.82) is 0 Å². The van der Waals surface area contributed by atoms with E-state index in [1.165, 1.54) is 53.9 Å². The molecule has 0 aliphatic carbocycles. The highest BCUT2D eigenvalue weighted by atomic mass is 32.2. The zero-order valence-electron chi connectivity index (χ0n) is 14.7. The number of benzene rings is 2. The van der Waals surface area contributed by atoms with Crippen molar-refractivity contribution in [3.8, 4) is 0 Å². The van der Waals surface area contributed by atoms with Crippen LogP contribution in [0.3, 0.4) is 0 Å². The van der Waals surface area contributed by atoms with Gasteiger partial charge in [0.05, 0.1) is 11.3 Å². The van der Waals surface area contributed by atoms with Crippen LogP contribution in [0.1, 0.15) is 23.4 Å². The molecule has 2 aromatic carbocycles. The van der Waals surface area contributed by atoms with Crippen molar-refractivity contribution in [1.82, 2.24) is 4.90 Å². The number of carbonyl (C=O) groups is 2. The minimum absolute atomic E-state index is 0.114. The monoisotopic (exact) mass is 412 g/mol. The Morgan fingerprint density at radius 3 is 2.50 bits per heavy atom. The summed E-state index contributed by atoms with van der Waals surface area (Å²) in [6.45, 7) is 1.52. The lowest BCUT2D eigenvalue weighted by molar-refractivity contribution is -0.137. The van der Waals surface area contributed by atoms with Gasteiger partial charge >= 0.3 is 6.18 Å². The van der Waals surface area contributed by atoms with Gasteiger partial charge in [-0.05, 0) is 42.8 Å². The van der Waals surface area contributed by atoms with E-state index in [2.05, 4.69) is 5.32 Å². The molecule has 2 atom stereocenters. The van der Waals surface area contributed by atoms with Gasteiger partial charge in [0.1, 0.15) is 17.2 Å². The lowest BCUT2D eigenvalue weighted by atomic mass is 10.1. The van der Waals surface area contributed by atoms with Gasteiger partial charge in [0, 0.05) is 5.69 Å². The molecule has 0 spiro atoms. The first-order chi connectivity index (χ1) is 13.2. The molecule has 4 nitrogen and oxygen atoms in total. The summed E-state index contributed by atoms with van der Waals surface area (Å²) in [5.41, 5.74) is -0.0366. The van der Waals surface area contributed by atoms with Crippen molar-refractivity contribution in [3.05, 3.63) is 65.5 Å². The molecule has 0 aromatic heterocycles. The molecular weight excluding hydrogens is 396 g/mol. The number of carbonyl (C=O) groups excluding carboxylic acids is 2. The Morgan fingerprint density at radius 2 is 1.89 bits per heavy atom. The Bertz CT molecular complexity index is 886. The minimum Gasteiger partial charge on any atom is -0.324 e. The Hall–Kier alpha value is -2.55. The molecule has 2 aromatic rings. The molecule has 3 rings (SSSR count). The van der Waals surface area contributed by atoms with Crippen molar-refractivity contribution in [3.63, 3.8) is 0 Å². The minimum atomic E-state index is -4.45. The summed E-state index contributed by atoms with van der Waals surface area (Å²) in [4.78, 5) is 26.2. The molecule has 1 saturated heterocycles. The molecule has 9 heteroatoms. The fourth-order valence-electron chi connectivity index (χ4n) is 2.89. The molecule has 0 bridgehead atoms. The fraction of sp³-hybridized carbons (Fsp3) is 0.263. The first-order valence-corrected chi connectivity index (χ1v) is 9.38. The third-order valence-corrected chi connectivity index (χ3v) is 5.55. The van der Waals surface area contributed by atoms with Gasteiger partial charge in [0.25, 0.3) is 0 Å². The summed E-state index contributed by atoms with van der Waals surface area (Å²) in [6.07, 6.45) is -4.45. The SMILES string of the molecule is CC(C(=O)Nc1cccc(F)c1)N1C(=O)CSC1c1ccc(C(F)(F)F)cc1. The zero-order valence-corrected chi connectivity index (χ0v) is 15.5. The second-order valence-electron chi connectivity index (χ2n) is 6.26. The summed E-state index contributed by atoms with van der Waals surface area (Å²) < 4.78 is 51.5. The molecule has 1 fully saturated rings. The molecular formula is C19H16F4N2O2S. The Morgan fingerprint density at radius 1 is 1.21 bits per heavy atom. The van der Waals surface area contributed by atoms with E-state index in [1.807, 2.05) is 0 Å². The number of hydrogen-bond acceptors (Lipinski definition) is 3. The zero-order chi connectivity index (χ0) is 20.5. The number of thioether (sulfide) groups is 1. The van der Waals surface area contributed by atoms with Crippen LogP contribution < -0.4 is 5.32 Å². The maximum Gasteiger partial charge on any atom is 0.416 e. The Balaban J connectivity index is 1.78. The first-order valence-electron chi connectivity index (χ1n) is 8.33. The van der Waals surface area contributed by atoms with Crippen LogP contribution in [-0.4, -0.2) is 28.5 Å². The number of nitrogens with one attached hydrogen (secondary N) is 1. The van der Waals surface area contributed by atoms with Crippen molar-refractivity contribution < 1.29 is 27.2 Å². The maximum atomic E-state index is 13.3. The van der Waals surface area contributed by atoms with E-state index in [1.54, 1.807) is 0 Å². The summed E-state index contributed by atoms with van der Waals surface area (Å²) in [5, 5.41) is 1.97.